The molecule has 0 spiro atoms. The van der Waals surface area contributed by atoms with E-state index in [1.807, 2.05) is 37.2 Å². The number of Topliss-reactive ketones (excluding diaryl/α,β-unsaturated/α-hetero) is 1. The summed E-state index contributed by atoms with van der Waals surface area (Å²) in [7, 11) is 3.81. The van der Waals surface area contributed by atoms with Gasteiger partial charge in [0, 0.05) is 31.7 Å². The van der Waals surface area contributed by atoms with Crippen molar-refractivity contribution < 1.29 is 14.7 Å². The number of carbonyl (C=O) groups is 2. The average Bonchev–Trinajstić information content (AvgIpc) is 3.20. The largest absolute Gasteiger partial charge is 0.505 e. The molecule has 0 radical (unpaired) electrons. The first kappa shape index (κ1) is 19.8. The van der Waals surface area contributed by atoms with E-state index in [4.69, 9.17) is 0 Å². The van der Waals surface area contributed by atoms with Crippen molar-refractivity contribution in [2.45, 2.75) is 13.0 Å². The van der Waals surface area contributed by atoms with Crippen molar-refractivity contribution in [1.82, 2.24) is 24.2 Å². The zero-order valence-electron chi connectivity index (χ0n) is 17.1. The third-order valence-corrected chi connectivity index (χ3v) is 5.28. The zero-order valence-corrected chi connectivity index (χ0v) is 17.1. The third kappa shape index (κ3) is 3.25. The highest BCUT2D eigenvalue weighted by Crippen LogP contribution is 2.39. The van der Waals surface area contributed by atoms with Gasteiger partial charge in [-0.2, -0.15) is 0 Å². The fourth-order valence-corrected chi connectivity index (χ4v) is 3.84. The van der Waals surface area contributed by atoms with Gasteiger partial charge in [-0.3, -0.25) is 19.0 Å². The molecule has 1 fully saturated rings. The standard InChI is InChI=1S/C22H23N5O3/c1-14-18(26-11-5-4-6-16(26)24-14)20(28)17-19(15-7-9-23-10-8-15)27(13-12-25(2)3)22(30)21(17)29/h4-11,19,28H,12-13H2,1-3H3/b20-17+/t19-/m0/s1. The molecular weight excluding hydrogens is 382 g/mol. The van der Waals surface area contributed by atoms with Gasteiger partial charge in [0.25, 0.3) is 11.7 Å². The number of hydrogen-bond donors (Lipinski definition) is 1. The van der Waals surface area contributed by atoms with Crippen LogP contribution in [0, 0.1) is 6.92 Å². The summed E-state index contributed by atoms with van der Waals surface area (Å²) in [5, 5.41) is 11.3. The molecule has 0 saturated carbocycles. The molecule has 1 aliphatic heterocycles. The van der Waals surface area contributed by atoms with Crippen molar-refractivity contribution in [1.29, 1.82) is 0 Å². The van der Waals surface area contributed by atoms with Gasteiger partial charge in [0.05, 0.1) is 17.3 Å². The van der Waals surface area contributed by atoms with Crippen molar-refractivity contribution in [2.24, 2.45) is 0 Å². The number of ketones is 1. The fraction of sp³-hybridized carbons (Fsp3) is 0.273. The van der Waals surface area contributed by atoms with Gasteiger partial charge in [0.2, 0.25) is 0 Å². The Bertz CT molecular complexity index is 1150. The maximum Gasteiger partial charge on any atom is 0.295 e. The Labute approximate surface area is 174 Å². The van der Waals surface area contributed by atoms with Gasteiger partial charge in [-0.05, 0) is 50.8 Å². The molecule has 1 N–H and O–H groups in total. The van der Waals surface area contributed by atoms with Crippen LogP contribution in [0.5, 0.6) is 0 Å². The Hall–Kier alpha value is -3.52. The fourth-order valence-electron chi connectivity index (χ4n) is 3.84. The number of rotatable bonds is 5. The molecule has 0 unspecified atom stereocenters. The summed E-state index contributed by atoms with van der Waals surface area (Å²) in [5.41, 5.74) is 2.43. The van der Waals surface area contributed by atoms with E-state index in [0.29, 0.717) is 30.1 Å². The molecule has 0 aliphatic carbocycles. The van der Waals surface area contributed by atoms with Crippen LogP contribution in [0.15, 0.2) is 54.5 Å². The Morgan fingerprint density at radius 1 is 1.17 bits per heavy atom. The number of likely N-dealkylation sites (N-methyl/N-ethyl adjacent to an activating group) is 1. The lowest BCUT2D eigenvalue weighted by Gasteiger charge is -2.26. The van der Waals surface area contributed by atoms with E-state index in [2.05, 4.69) is 9.97 Å². The van der Waals surface area contributed by atoms with Crippen LogP contribution >= 0.6 is 0 Å². The minimum Gasteiger partial charge on any atom is -0.505 e. The first-order valence-corrected chi connectivity index (χ1v) is 9.67. The molecule has 0 bridgehead atoms. The highest BCUT2D eigenvalue weighted by atomic mass is 16.3. The number of nitrogens with zero attached hydrogens (tertiary/aromatic N) is 5. The predicted octanol–water partition coefficient (Wildman–Crippen LogP) is 2.02. The number of carbonyl (C=O) groups excluding carboxylic acids is 2. The predicted molar refractivity (Wildman–Crippen MR) is 112 cm³/mol. The van der Waals surface area contributed by atoms with E-state index in [1.54, 1.807) is 42.0 Å². The molecule has 3 aromatic heterocycles. The first-order chi connectivity index (χ1) is 14.4. The van der Waals surface area contributed by atoms with E-state index in [9.17, 15) is 14.7 Å². The number of aliphatic hydroxyl groups excluding tert-OH is 1. The van der Waals surface area contributed by atoms with E-state index < -0.39 is 17.7 Å². The van der Waals surface area contributed by atoms with Gasteiger partial charge < -0.3 is 14.9 Å². The molecule has 1 saturated heterocycles. The van der Waals surface area contributed by atoms with Crippen LogP contribution in [0.3, 0.4) is 0 Å². The van der Waals surface area contributed by atoms with Gasteiger partial charge >= 0.3 is 0 Å². The number of hydrogen-bond acceptors (Lipinski definition) is 6. The molecular formula is C22H23N5O3. The lowest BCUT2D eigenvalue weighted by molar-refractivity contribution is -0.140. The third-order valence-electron chi connectivity index (χ3n) is 5.28. The zero-order chi connectivity index (χ0) is 21.4. The van der Waals surface area contributed by atoms with Gasteiger partial charge in [-0.1, -0.05) is 6.07 Å². The van der Waals surface area contributed by atoms with Crippen LogP contribution in [-0.4, -0.2) is 68.2 Å². The number of fused-ring (bicyclic) bond motifs is 1. The molecule has 30 heavy (non-hydrogen) atoms. The SMILES string of the molecule is Cc1nc2ccccn2c1/C(O)=C1\C(=O)C(=O)N(CCN(C)C)[C@H]1c1ccncc1. The van der Waals surface area contributed by atoms with Crippen LogP contribution in [0.1, 0.15) is 23.0 Å². The number of amides is 1. The van der Waals surface area contributed by atoms with E-state index in [0.717, 1.165) is 5.56 Å². The van der Waals surface area contributed by atoms with Crippen LogP contribution < -0.4 is 0 Å². The van der Waals surface area contributed by atoms with Gasteiger partial charge in [-0.25, -0.2) is 4.98 Å². The molecule has 4 rings (SSSR count). The molecule has 4 heterocycles. The molecule has 8 heteroatoms. The Balaban J connectivity index is 1.92. The topological polar surface area (TPSA) is 91.0 Å². The van der Waals surface area contributed by atoms with Gasteiger partial charge in [0.1, 0.15) is 11.3 Å². The molecule has 8 nitrogen and oxygen atoms in total. The van der Waals surface area contributed by atoms with E-state index in [1.165, 1.54) is 4.90 Å². The van der Waals surface area contributed by atoms with E-state index >= 15 is 0 Å². The number of likely N-dealkylation sites (tertiary alicyclic amines) is 1. The van der Waals surface area contributed by atoms with Gasteiger partial charge in [0.15, 0.2) is 5.76 Å². The number of aryl methyl sites for hydroxylation is 1. The number of aliphatic hydroxyl groups is 1. The second-order valence-corrected chi connectivity index (χ2v) is 7.55. The van der Waals surface area contributed by atoms with Crippen molar-refractivity contribution >= 4 is 23.1 Å². The summed E-state index contributed by atoms with van der Waals surface area (Å²) in [4.78, 5) is 37.9. The summed E-state index contributed by atoms with van der Waals surface area (Å²) in [6.07, 6.45) is 5.00. The minimum atomic E-state index is -0.696. The highest BCUT2D eigenvalue weighted by Gasteiger charge is 2.46. The van der Waals surface area contributed by atoms with Crippen LogP contribution in [0.25, 0.3) is 11.4 Å². The number of pyridine rings is 2. The molecule has 0 aromatic carbocycles. The van der Waals surface area contributed by atoms with Crippen LogP contribution in [-0.2, 0) is 9.59 Å². The minimum absolute atomic E-state index is 0.0682. The second-order valence-electron chi connectivity index (χ2n) is 7.55. The summed E-state index contributed by atoms with van der Waals surface area (Å²) < 4.78 is 1.72. The number of imidazole rings is 1. The van der Waals surface area contributed by atoms with Crippen LogP contribution in [0.4, 0.5) is 0 Å². The highest BCUT2D eigenvalue weighted by molar-refractivity contribution is 6.46. The van der Waals surface area contributed by atoms with Crippen LogP contribution in [0.2, 0.25) is 0 Å². The molecule has 1 amide bonds. The van der Waals surface area contributed by atoms with Crippen molar-refractivity contribution in [2.75, 3.05) is 27.2 Å². The summed E-state index contributed by atoms with van der Waals surface area (Å²) in [6.45, 7) is 2.71. The lowest BCUT2D eigenvalue weighted by Crippen LogP contribution is -2.35. The van der Waals surface area contributed by atoms with Crippen molar-refractivity contribution in [3.05, 3.63) is 71.4 Å². The monoisotopic (exact) mass is 405 g/mol. The Morgan fingerprint density at radius 3 is 2.60 bits per heavy atom. The molecule has 3 aromatic rings. The maximum atomic E-state index is 13.1. The second kappa shape index (κ2) is 7.72. The lowest BCUT2D eigenvalue weighted by atomic mass is 9.97. The number of aromatic nitrogens is 3. The molecule has 154 valence electrons. The normalized spacial score (nSPS) is 18.7. The maximum absolute atomic E-state index is 13.1. The quantitative estimate of drug-likeness (QED) is 0.397. The van der Waals surface area contributed by atoms with Crippen molar-refractivity contribution in [3.8, 4) is 0 Å². The first-order valence-electron chi connectivity index (χ1n) is 9.67. The smallest absolute Gasteiger partial charge is 0.295 e. The van der Waals surface area contributed by atoms with E-state index in [-0.39, 0.29) is 11.3 Å². The Morgan fingerprint density at radius 2 is 1.90 bits per heavy atom. The summed E-state index contributed by atoms with van der Waals surface area (Å²) >= 11 is 0. The molecule has 1 aliphatic rings. The van der Waals surface area contributed by atoms with Gasteiger partial charge in [-0.15, -0.1) is 0 Å². The molecule has 1 atom stereocenters. The Kier molecular flexibility index (Phi) is 5.09. The summed E-state index contributed by atoms with van der Waals surface area (Å²) in [6, 6.07) is 8.31. The average molecular weight is 405 g/mol. The van der Waals surface area contributed by atoms with Crippen molar-refractivity contribution in [3.63, 3.8) is 0 Å². The summed E-state index contributed by atoms with van der Waals surface area (Å²) in [5.74, 6) is -1.54.